The number of quaternary nitrogens is 1. The summed E-state index contributed by atoms with van der Waals surface area (Å²) in [6.45, 7) is 6.79. The Labute approximate surface area is 149 Å². The van der Waals surface area contributed by atoms with Gasteiger partial charge in [0.1, 0.15) is 6.54 Å². The average molecular weight is 336 g/mol. The Morgan fingerprint density at radius 3 is 2.04 bits per heavy atom. The number of unbranched alkanes of at least 4 members (excludes halogenated alkanes) is 5. The average Bonchev–Trinajstić information content (AvgIpc) is 2.51. The van der Waals surface area contributed by atoms with Crippen LogP contribution in [0.15, 0.2) is 30.3 Å². The molecule has 0 aliphatic rings. The molecule has 0 bridgehead atoms. The fraction of sp³-hybridized carbons (Fsp3) is 0.667. The van der Waals surface area contributed by atoms with Crippen LogP contribution in [0.5, 0.6) is 0 Å². The van der Waals surface area contributed by atoms with Crippen LogP contribution in [-0.2, 0) is 11.3 Å². The van der Waals surface area contributed by atoms with E-state index in [1.807, 2.05) is 0 Å². The molecule has 0 saturated carbocycles. The highest BCUT2D eigenvalue weighted by atomic mass is 16.4. The lowest BCUT2D eigenvalue weighted by molar-refractivity contribution is -0.903. The van der Waals surface area contributed by atoms with Crippen LogP contribution in [0.25, 0.3) is 0 Å². The predicted molar refractivity (Wildman–Crippen MR) is 100 cm³/mol. The molecule has 0 aliphatic heterocycles. The third-order valence-electron chi connectivity index (χ3n) is 4.02. The Balaban J connectivity index is 0.000000449. The second-order valence-corrected chi connectivity index (χ2v) is 7.19. The number of carboxylic acids is 1. The van der Waals surface area contributed by atoms with Crippen molar-refractivity contribution in [3.8, 4) is 0 Å². The van der Waals surface area contributed by atoms with Gasteiger partial charge in [-0.2, -0.15) is 0 Å². The first kappa shape index (κ1) is 22.6. The second kappa shape index (κ2) is 14.0. The molecule has 0 aromatic heterocycles. The molecule has 3 heteroatoms. The minimum absolute atomic E-state index is 0.228. The van der Waals surface area contributed by atoms with Gasteiger partial charge in [0.15, 0.2) is 0 Å². The van der Waals surface area contributed by atoms with E-state index in [0.29, 0.717) is 0 Å². The molecular formula is C21H37NO2. The second-order valence-electron chi connectivity index (χ2n) is 7.19. The van der Waals surface area contributed by atoms with E-state index in [-0.39, 0.29) is 6.42 Å². The standard InChI is InChI=1S/C12H20N.C9H18O2/c1-4-10-13(2,3)11-12-8-6-5-7-9-12;1-2-3-4-5-6-7-8-9(10)11/h5-9H,4,10-11H2,1-3H3;2-8H2,1H3,(H,10,11)/q+1;/p-1. The van der Waals surface area contributed by atoms with Gasteiger partial charge in [-0.05, 0) is 19.3 Å². The maximum atomic E-state index is 9.98. The molecule has 0 radical (unpaired) electrons. The summed E-state index contributed by atoms with van der Waals surface area (Å²) in [5.74, 6) is -0.916. The maximum Gasteiger partial charge on any atom is 0.104 e. The minimum Gasteiger partial charge on any atom is -0.550 e. The number of hydrogen-bond acceptors (Lipinski definition) is 2. The summed E-state index contributed by atoms with van der Waals surface area (Å²) in [6, 6.07) is 10.7. The summed E-state index contributed by atoms with van der Waals surface area (Å²) in [4.78, 5) is 9.98. The van der Waals surface area contributed by atoms with Crippen LogP contribution in [0.4, 0.5) is 0 Å². The van der Waals surface area contributed by atoms with Crippen molar-refractivity contribution in [2.75, 3.05) is 20.6 Å². The van der Waals surface area contributed by atoms with E-state index in [4.69, 9.17) is 0 Å². The van der Waals surface area contributed by atoms with Crippen molar-refractivity contribution in [2.45, 2.75) is 71.8 Å². The van der Waals surface area contributed by atoms with E-state index in [1.54, 1.807) is 0 Å². The van der Waals surface area contributed by atoms with E-state index < -0.39 is 5.97 Å². The molecule has 0 unspecified atom stereocenters. The van der Waals surface area contributed by atoms with Gasteiger partial charge in [-0.3, -0.25) is 0 Å². The monoisotopic (exact) mass is 335 g/mol. The van der Waals surface area contributed by atoms with E-state index in [1.165, 1.54) is 44.2 Å². The maximum absolute atomic E-state index is 9.98. The molecule has 138 valence electrons. The summed E-state index contributed by atoms with van der Waals surface area (Å²) in [7, 11) is 4.58. The zero-order chi connectivity index (χ0) is 18.3. The molecule has 24 heavy (non-hydrogen) atoms. The Kier molecular flexibility index (Phi) is 13.2. The SMILES string of the molecule is CCCCCCCCC(=O)[O-].CCC[N+](C)(C)Cc1ccccc1. The van der Waals surface area contributed by atoms with E-state index in [9.17, 15) is 9.90 Å². The van der Waals surface area contributed by atoms with Gasteiger partial charge in [0.25, 0.3) is 0 Å². The first-order valence-corrected chi connectivity index (χ1v) is 9.47. The zero-order valence-corrected chi connectivity index (χ0v) is 16.2. The van der Waals surface area contributed by atoms with Crippen molar-refractivity contribution in [3.05, 3.63) is 35.9 Å². The molecule has 1 aromatic carbocycles. The van der Waals surface area contributed by atoms with Crippen molar-refractivity contribution in [2.24, 2.45) is 0 Å². The third-order valence-corrected chi connectivity index (χ3v) is 4.02. The molecule has 0 spiro atoms. The van der Waals surface area contributed by atoms with E-state index in [2.05, 4.69) is 58.3 Å². The third kappa shape index (κ3) is 14.3. The summed E-state index contributed by atoms with van der Waals surface area (Å²) in [5.41, 5.74) is 1.43. The molecule has 0 fully saturated rings. The summed E-state index contributed by atoms with van der Waals surface area (Å²) in [5, 5.41) is 9.98. The van der Waals surface area contributed by atoms with Crippen LogP contribution in [-0.4, -0.2) is 31.1 Å². The lowest BCUT2D eigenvalue weighted by Gasteiger charge is -2.29. The Morgan fingerprint density at radius 1 is 0.917 bits per heavy atom. The van der Waals surface area contributed by atoms with Gasteiger partial charge in [0.2, 0.25) is 0 Å². The first-order valence-electron chi connectivity index (χ1n) is 9.47. The summed E-state index contributed by atoms with van der Waals surface area (Å²) >= 11 is 0. The molecular weight excluding hydrogens is 298 g/mol. The van der Waals surface area contributed by atoms with Crippen LogP contribution in [0.1, 0.15) is 70.8 Å². The van der Waals surface area contributed by atoms with Gasteiger partial charge >= 0.3 is 0 Å². The highest BCUT2D eigenvalue weighted by Crippen LogP contribution is 2.09. The highest BCUT2D eigenvalue weighted by molar-refractivity contribution is 5.63. The van der Waals surface area contributed by atoms with Crippen molar-refractivity contribution in [1.29, 1.82) is 0 Å². The van der Waals surface area contributed by atoms with Gasteiger partial charge in [-0.1, -0.05) is 76.3 Å². The normalized spacial score (nSPS) is 10.8. The minimum atomic E-state index is -0.916. The van der Waals surface area contributed by atoms with Gasteiger partial charge in [0.05, 0.1) is 20.6 Å². The number of rotatable bonds is 11. The zero-order valence-electron chi connectivity index (χ0n) is 16.2. The first-order chi connectivity index (χ1) is 11.4. The largest absolute Gasteiger partial charge is 0.550 e. The van der Waals surface area contributed by atoms with Crippen LogP contribution in [0.2, 0.25) is 0 Å². The number of benzene rings is 1. The van der Waals surface area contributed by atoms with Crippen molar-refractivity contribution >= 4 is 5.97 Å². The fourth-order valence-corrected chi connectivity index (χ4v) is 2.81. The highest BCUT2D eigenvalue weighted by Gasteiger charge is 2.13. The van der Waals surface area contributed by atoms with Crippen LogP contribution in [0.3, 0.4) is 0 Å². The smallest absolute Gasteiger partial charge is 0.104 e. The molecule has 0 saturated heterocycles. The van der Waals surface area contributed by atoms with Crippen LogP contribution in [0, 0.1) is 0 Å². The van der Waals surface area contributed by atoms with Crippen molar-refractivity contribution in [1.82, 2.24) is 0 Å². The van der Waals surface area contributed by atoms with Gasteiger partial charge < -0.3 is 14.4 Å². The fourth-order valence-electron chi connectivity index (χ4n) is 2.81. The number of carbonyl (C=O) groups is 1. The van der Waals surface area contributed by atoms with Crippen molar-refractivity contribution < 1.29 is 14.4 Å². The Hall–Kier alpha value is -1.35. The number of nitrogens with zero attached hydrogens (tertiary/aromatic N) is 1. The molecule has 0 N–H and O–H groups in total. The molecule has 0 heterocycles. The summed E-state index contributed by atoms with van der Waals surface area (Å²) < 4.78 is 1.08. The molecule has 1 aromatic rings. The van der Waals surface area contributed by atoms with E-state index in [0.717, 1.165) is 23.9 Å². The lowest BCUT2D eigenvalue weighted by atomic mass is 10.1. The van der Waals surface area contributed by atoms with E-state index >= 15 is 0 Å². The number of aliphatic carboxylic acids is 1. The lowest BCUT2D eigenvalue weighted by Crippen LogP contribution is -2.39. The van der Waals surface area contributed by atoms with Gasteiger partial charge in [-0.25, -0.2) is 0 Å². The van der Waals surface area contributed by atoms with Crippen molar-refractivity contribution in [3.63, 3.8) is 0 Å². The Bertz CT molecular complexity index is 415. The number of carboxylic acid groups (broad SMARTS) is 1. The topological polar surface area (TPSA) is 40.1 Å². The number of carbonyl (C=O) groups excluding carboxylic acids is 1. The molecule has 1 rings (SSSR count). The summed E-state index contributed by atoms with van der Waals surface area (Å²) in [6.07, 6.45) is 8.21. The predicted octanol–water partition coefficient (Wildman–Crippen LogP) is 4.16. The molecule has 0 amide bonds. The number of hydrogen-bond donors (Lipinski definition) is 0. The van der Waals surface area contributed by atoms with Crippen LogP contribution < -0.4 is 5.11 Å². The quantitative estimate of drug-likeness (QED) is 0.450. The van der Waals surface area contributed by atoms with Gasteiger partial charge in [-0.15, -0.1) is 0 Å². The molecule has 0 atom stereocenters. The van der Waals surface area contributed by atoms with Crippen LogP contribution >= 0.6 is 0 Å². The Morgan fingerprint density at radius 2 is 1.50 bits per heavy atom. The molecule has 3 nitrogen and oxygen atoms in total. The van der Waals surface area contributed by atoms with Gasteiger partial charge in [0, 0.05) is 11.5 Å². The molecule has 0 aliphatic carbocycles.